The van der Waals surface area contributed by atoms with Gasteiger partial charge in [0, 0.05) is 6.54 Å². The number of carbonyl (C=O) groups excluding carboxylic acids is 2. The van der Waals surface area contributed by atoms with Gasteiger partial charge in [0.2, 0.25) is 0 Å². The van der Waals surface area contributed by atoms with Crippen LogP contribution in [0, 0.1) is 6.92 Å². The van der Waals surface area contributed by atoms with Crippen LogP contribution in [0.25, 0.3) is 0 Å². The second-order valence-electron chi connectivity index (χ2n) is 9.98. The van der Waals surface area contributed by atoms with Gasteiger partial charge in [0.25, 0.3) is 5.56 Å². The van der Waals surface area contributed by atoms with Gasteiger partial charge >= 0.3 is 12.1 Å². The van der Waals surface area contributed by atoms with Crippen LogP contribution in [0.15, 0.2) is 59.4 Å². The highest BCUT2D eigenvalue weighted by Gasteiger charge is 2.17. The minimum Gasteiger partial charge on any atom is -0.492 e. The molecule has 0 aliphatic carbocycles. The monoisotopic (exact) mass is 570 g/mol. The van der Waals surface area contributed by atoms with Crippen molar-refractivity contribution in [2.45, 2.75) is 52.9 Å². The molecule has 0 aliphatic heterocycles. The van der Waals surface area contributed by atoms with E-state index in [4.69, 9.17) is 25.8 Å². The molecule has 3 rings (SSSR count). The second-order valence-corrected chi connectivity index (χ2v) is 10.3. The van der Waals surface area contributed by atoms with E-state index in [-0.39, 0.29) is 30.7 Å². The first-order valence-corrected chi connectivity index (χ1v) is 13.3. The summed E-state index contributed by atoms with van der Waals surface area (Å²) in [5, 5.41) is 5.79. The number of ether oxygens (including phenoxy) is 3. The first-order chi connectivity index (χ1) is 19.0. The van der Waals surface area contributed by atoms with Crippen LogP contribution in [0.5, 0.6) is 5.75 Å². The number of hydrogen-bond donors (Lipinski definition) is 2. The van der Waals surface area contributed by atoms with Gasteiger partial charge in [-0.05, 0) is 57.4 Å². The number of carbonyl (C=O) groups is 2. The van der Waals surface area contributed by atoms with E-state index in [0.29, 0.717) is 31.0 Å². The average molecular weight is 571 g/mol. The molecule has 0 saturated carbocycles. The van der Waals surface area contributed by atoms with E-state index in [1.54, 1.807) is 27.7 Å². The minimum absolute atomic E-state index is 0.0482. The fourth-order valence-electron chi connectivity index (χ4n) is 3.59. The standard InChI is InChI=1S/C29H35ClN4O6/c1-20-25(30)33-26(27(36)34(20)18-24(35)39-19-22-9-6-5-7-10-22)31-14-13-21-11-8-12-23(17-21)38-16-15-32-28(37)40-29(2,3)4/h5-12,17H,13-16,18-19H2,1-4H3,(H,31,33)(H,32,37). The van der Waals surface area contributed by atoms with E-state index in [2.05, 4.69) is 15.6 Å². The van der Waals surface area contributed by atoms with Gasteiger partial charge in [0.05, 0.1) is 12.2 Å². The van der Waals surface area contributed by atoms with Crippen LogP contribution in [0.3, 0.4) is 0 Å². The number of nitrogens with zero attached hydrogens (tertiary/aromatic N) is 2. The summed E-state index contributed by atoms with van der Waals surface area (Å²) in [4.78, 5) is 41.3. The Kier molecular flexibility index (Phi) is 11.0. The molecule has 0 spiro atoms. The molecule has 0 saturated heterocycles. The molecule has 2 N–H and O–H groups in total. The van der Waals surface area contributed by atoms with Gasteiger partial charge in [0.15, 0.2) is 11.0 Å². The third-order valence-electron chi connectivity index (χ3n) is 5.53. The summed E-state index contributed by atoms with van der Waals surface area (Å²) in [6, 6.07) is 16.8. The zero-order valence-corrected chi connectivity index (χ0v) is 23.9. The van der Waals surface area contributed by atoms with Gasteiger partial charge in [-0.1, -0.05) is 54.1 Å². The smallest absolute Gasteiger partial charge is 0.407 e. The van der Waals surface area contributed by atoms with Crippen molar-refractivity contribution in [3.63, 3.8) is 0 Å². The summed E-state index contributed by atoms with van der Waals surface area (Å²) in [6.07, 6.45) is 0.0721. The lowest BCUT2D eigenvalue weighted by atomic mass is 10.1. The topological polar surface area (TPSA) is 121 Å². The maximum atomic E-state index is 13.0. The van der Waals surface area contributed by atoms with Gasteiger partial charge in [-0.25, -0.2) is 9.78 Å². The van der Waals surface area contributed by atoms with Gasteiger partial charge in [0.1, 0.15) is 31.1 Å². The predicted molar refractivity (Wildman–Crippen MR) is 153 cm³/mol. The van der Waals surface area contributed by atoms with Crippen LogP contribution in [0.4, 0.5) is 10.6 Å². The quantitative estimate of drug-likeness (QED) is 0.241. The van der Waals surface area contributed by atoms with E-state index in [1.165, 1.54) is 4.57 Å². The Morgan fingerprint density at radius 2 is 1.75 bits per heavy atom. The summed E-state index contributed by atoms with van der Waals surface area (Å²) in [7, 11) is 0. The lowest BCUT2D eigenvalue weighted by Crippen LogP contribution is -2.34. The number of aromatic nitrogens is 2. The highest BCUT2D eigenvalue weighted by atomic mass is 35.5. The first kappa shape index (κ1) is 30.5. The molecular formula is C29H35ClN4O6. The SMILES string of the molecule is Cc1c(Cl)nc(NCCc2cccc(OCCNC(=O)OC(C)(C)C)c2)c(=O)n1CC(=O)OCc1ccccc1. The first-order valence-electron chi connectivity index (χ1n) is 12.9. The lowest BCUT2D eigenvalue weighted by Gasteiger charge is -2.19. The fraction of sp³-hybridized carbons (Fsp3) is 0.379. The molecule has 0 radical (unpaired) electrons. The van der Waals surface area contributed by atoms with Gasteiger partial charge in [-0.15, -0.1) is 0 Å². The lowest BCUT2D eigenvalue weighted by molar-refractivity contribution is -0.145. The van der Waals surface area contributed by atoms with E-state index in [9.17, 15) is 14.4 Å². The summed E-state index contributed by atoms with van der Waals surface area (Å²) in [6.45, 7) is 7.82. The third-order valence-corrected chi connectivity index (χ3v) is 5.89. The maximum Gasteiger partial charge on any atom is 0.407 e. The van der Waals surface area contributed by atoms with Crippen LogP contribution in [0.1, 0.15) is 37.6 Å². The van der Waals surface area contributed by atoms with Gasteiger partial charge in [-0.2, -0.15) is 0 Å². The molecule has 11 heteroatoms. The average Bonchev–Trinajstić information content (AvgIpc) is 2.90. The molecule has 214 valence electrons. The molecule has 3 aromatic rings. The van der Waals surface area contributed by atoms with E-state index in [0.717, 1.165) is 11.1 Å². The Morgan fingerprint density at radius 1 is 1.02 bits per heavy atom. The number of anilines is 1. The number of alkyl carbamates (subject to hydrolysis) is 1. The van der Waals surface area contributed by atoms with Gasteiger partial charge < -0.3 is 24.8 Å². The van der Waals surface area contributed by atoms with Gasteiger partial charge in [-0.3, -0.25) is 14.2 Å². The van der Waals surface area contributed by atoms with Crippen molar-refractivity contribution in [3.05, 3.63) is 86.9 Å². The zero-order chi connectivity index (χ0) is 29.1. The molecule has 0 unspecified atom stereocenters. The van der Waals surface area contributed by atoms with Crippen molar-refractivity contribution < 1.29 is 23.8 Å². The number of rotatable bonds is 12. The summed E-state index contributed by atoms with van der Waals surface area (Å²) >= 11 is 6.26. The Labute approximate surface area is 238 Å². The molecule has 0 aliphatic rings. The molecular weight excluding hydrogens is 536 g/mol. The Hall–Kier alpha value is -4.05. The van der Waals surface area contributed by atoms with Crippen molar-refractivity contribution in [2.24, 2.45) is 0 Å². The van der Waals surface area contributed by atoms with Crippen molar-refractivity contribution in [1.29, 1.82) is 0 Å². The van der Waals surface area contributed by atoms with Crippen LogP contribution in [0.2, 0.25) is 5.15 Å². The molecule has 1 amide bonds. The van der Waals surface area contributed by atoms with Crippen molar-refractivity contribution in [2.75, 3.05) is 25.0 Å². The van der Waals surface area contributed by atoms with Crippen LogP contribution < -0.4 is 20.9 Å². The van der Waals surface area contributed by atoms with Crippen molar-refractivity contribution in [3.8, 4) is 5.75 Å². The highest BCUT2D eigenvalue weighted by molar-refractivity contribution is 6.30. The van der Waals surface area contributed by atoms with Crippen LogP contribution in [-0.2, 0) is 33.8 Å². The minimum atomic E-state index is -0.561. The molecule has 0 bridgehead atoms. The van der Waals surface area contributed by atoms with E-state index in [1.807, 2.05) is 54.6 Å². The van der Waals surface area contributed by atoms with E-state index < -0.39 is 23.2 Å². The third kappa shape index (κ3) is 9.92. The molecule has 0 atom stereocenters. The van der Waals surface area contributed by atoms with Crippen molar-refractivity contribution >= 4 is 29.5 Å². The van der Waals surface area contributed by atoms with Crippen LogP contribution in [-0.4, -0.2) is 46.9 Å². The Morgan fingerprint density at radius 3 is 2.48 bits per heavy atom. The second kappa shape index (κ2) is 14.4. The number of benzene rings is 2. The molecule has 40 heavy (non-hydrogen) atoms. The number of nitrogens with one attached hydrogen (secondary N) is 2. The zero-order valence-electron chi connectivity index (χ0n) is 23.2. The maximum absolute atomic E-state index is 13.0. The summed E-state index contributed by atoms with van der Waals surface area (Å²) < 4.78 is 17.5. The number of hydrogen-bond acceptors (Lipinski definition) is 8. The predicted octanol–water partition coefficient (Wildman–Crippen LogP) is 4.51. The number of esters is 1. The number of halogens is 1. The summed E-state index contributed by atoms with van der Waals surface area (Å²) in [5.41, 5.74) is 1.16. The number of amides is 1. The molecule has 1 heterocycles. The van der Waals surface area contributed by atoms with Crippen molar-refractivity contribution in [1.82, 2.24) is 14.9 Å². The summed E-state index contributed by atoms with van der Waals surface area (Å²) in [5.74, 6) is 0.142. The van der Waals surface area contributed by atoms with E-state index >= 15 is 0 Å². The molecule has 10 nitrogen and oxygen atoms in total. The molecule has 1 aromatic heterocycles. The molecule has 0 fully saturated rings. The highest BCUT2D eigenvalue weighted by Crippen LogP contribution is 2.15. The normalized spacial score (nSPS) is 11.0. The molecule has 2 aromatic carbocycles. The Balaban J connectivity index is 1.51. The fourth-order valence-corrected chi connectivity index (χ4v) is 3.78. The Bertz CT molecular complexity index is 1350. The van der Waals surface area contributed by atoms with Crippen LogP contribution >= 0.6 is 11.6 Å². The largest absolute Gasteiger partial charge is 0.492 e.